The van der Waals surface area contributed by atoms with Crippen LogP contribution < -0.4 is 10.6 Å². The molecule has 2 aliphatic rings. The fraction of sp³-hybridized carbons (Fsp3) is 0.333. The molecule has 82 valence electrons. The second kappa shape index (κ2) is 3.92. The third kappa shape index (κ3) is 1.94. The lowest BCUT2D eigenvalue weighted by Crippen LogP contribution is -2.56. The van der Waals surface area contributed by atoms with Gasteiger partial charge in [-0.25, -0.2) is 9.79 Å². The summed E-state index contributed by atoms with van der Waals surface area (Å²) in [5, 5.41) is 17.1. The molecule has 0 atom stereocenters. The molecule has 0 spiro atoms. The smallest absolute Gasteiger partial charge is 0.277 e. The molecule has 0 aromatic rings. The number of urea groups is 1. The molecule has 0 aromatic carbocycles. The summed E-state index contributed by atoms with van der Waals surface area (Å²) in [6.45, 7) is 0. The number of nitrogens with one attached hydrogen (secondary N) is 2. The standard InChI is InChI=1S/C6H5N7O3/c14-3-2(4(15)9-6(16)8-3)1-7-5-10-12-13-11-5/h1-2,5H,(H2,8,9,14,15,16)/b7-1+. The van der Waals surface area contributed by atoms with E-state index in [0.717, 1.165) is 6.21 Å². The molecule has 2 N–H and O–H groups in total. The highest BCUT2D eigenvalue weighted by atomic mass is 16.2. The fourth-order valence-corrected chi connectivity index (χ4v) is 1.05. The van der Waals surface area contributed by atoms with Gasteiger partial charge in [0, 0.05) is 6.21 Å². The molecule has 10 nitrogen and oxygen atoms in total. The van der Waals surface area contributed by atoms with Crippen LogP contribution in [-0.2, 0) is 9.59 Å². The molecular weight excluding hydrogens is 218 g/mol. The van der Waals surface area contributed by atoms with Gasteiger partial charge in [0.15, 0.2) is 5.92 Å². The molecular formula is C6H5N7O3. The van der Waals surface area contributed by atoms with Crippen molar-refractivity contribution in [3.8, 4) is 0 Å². The molecule has 0 radical (unpaired) electrons. The summed E-state index contributed by atoms with van der Waals surface area (Å²) < 4.78 is 0. The molecule has 10 heteroatoms. The lowest BCUT2D eigenvalue weighted by atomic mass is 10.1. The minimum Gasteiger partial charge on any atom is -0.277 e. The third-order valence-electron chi connectivity index (χ3n) is 1.76. The van der Waals surface area contributed by atoms with E-state index in [2.05, 4.69) is 25.7 Å². The molecule has 2 rings (SSSR count). The van der Waals surface area contributed by atoms with Gasteiger partial charge in [0.25, 0.3) is 6.29 Å². The lowest BCUT2D eigenvalue weighted by Gasteiger charge is -2.16. The molecule has 0 aromatic heterocycles. The molecule has 1 saturated heterocycles. The summed E-state index contributed by atoms with van der Waals surface area (Å²) in [5.41, 5.74) is 0. The number of imide groups is 2. The van der Waals surface area contributed by atoms with Gasteiger partial charge in [0.05, 0.1) is 0 Å². The Bertz CT molecular complexity index is 407. The number of aliphatic imine (C=N–C) groups is 1. The minimum atomic E-state index is -1.18. The van der Waals surface area contributed by atoms with Crippen molar-refractivity contribution in [1.82, 2.24) is 10.6 Å². The molecule has 0 unspecified atom stereocenters. The van der Waals surface area contributed by atoms with Gasteiger partial charge in [0.1, 0.15) is 0 Å². The number of hydrogen-bond acceptors (Lipinski definition) is 8. The zero-order chi connectivity index (χ0) is 11.5. The zero-order valence-corrected chi connectivity index (χ0v) is 7.69. The molecule has 4 amide bonds. The summed E-state index contributed by atoms with van der Waals surface area (Å²) in [6.07, 6.45) is 0.184. The van der Waals surface area contributed by atoms with E-state index >= 15 is 0 Å². The number of hydrogen-bond donors (Lipinski definition) is 2. The van der Waals surface area contributed by atoms with Crippen LogP contribution in [0.15, 0.2) is 25.7 Å². The highest BCUT2D eigenvalue weighted by Crippen LogP contribution is 2.07. The van der Waals surface area contributed by atoms with Gasteiger partial charge in [0.2, 0.25) is 11.8 Å². The first kappa shape index (κ1) is 10.0. The van der Waals surface area contributed by atoms with Crippen molar-refractivity contribution in [2.45, 2.75) is 6.29 Å². The van der Waals surface area contributed by atoms with E-state index in [0.29, 0.717) is 0 Å². The predicted molar refractivity (Wildman–Crippen MR) is 47.2 cm³/mol. The number of barbiturate groups is 1. The number of carbonyl (C=O) groups is 3. The maximum atomic E-state index is 11.2. The van der Waals surface area contributed by atoms with Gasteiger partial charge < -0.3 is 0 Å². The topological polar surface area (TPSA) is 137 Å². The van der Waals surface area contributed by atoms with Crippen molar-refractivity contribution in [2.24, 2.45) is 31.6 Å². The SMILES string of the molecule is O=C1NC(=O)C(/C=N/C2N=NN=N2)C(=O)N1. The predicted octanol–water partition coefficient (Wildman–Crippen LogP) is -0.844. The monoisotopic (exact) mass is 223 g/mol. The van der Waals surface area contributed by atoms with E-state index in [1.165, 1.54) is 0 Å². The van der Waals surface area contributed by atoms with Gasteiger partial charge in [-0.2, -0.15) is 0 Å². The van der Waals surface area contributed by atoms with Crippen LogP contribution in [0, 0.1) is 5.92 Å². The van der Waals surface area contributed by atoms with Crippen LogP contribution in [0.2, 0.25) is 0 Å². The first-order chi connectivity index (χ1) is 7.66. The van der Waals surface area contributed by atoms with Crippen molar-refractivity contribution in [1.29, 1.82) is 0 Å². The summed E-state index contributed by atoms with van der Waals surface area (Å²) >= 11 is 0. The van der Waals surface area contributed by atoms with Crippen molar-refractivity contribution >= 4 is 24.1 Å². The van der Waals surface area contributed by atoms with Crippen molar-refractivity contribution in [3.63, 3.8) is 0 Å². The molecule has 1 fully saturated rings. The van der Waals surface area contributed by atoms with E-state index in [4.69, 9.17) is 0 Å². The highest BCUT2D eigenvalue weighted by Gasteiger charge is 2.32. The number of nitrogens with zero attached hydrogens (tertiary/aromatic N) is 5. The molecule has 2 heterocycles. The zero-order valence-electron chi connectivity index (χ0n) is 7.69. The number of carbonyl (C=O) groups excluding carboxylic acids is 3. The Morgan fingerprint density at radius 2 is 1.62 bits per heavy atom. The Balaban J connectivity index is 2.05. The average Bonchev–Trinajstić information content (AvgIpc) is 2.68. The van der Waals surface area contributed by atoms with Gasteiger partial charge in [-0.15, -0.1) is 10.2 Å². The molecule has 16 heavy (non-hydrogen) atoms. The first-order valence-electron chi connectivity index (χ1n) is 4.16. The number of amides is 4. The van der Waals surface area contributed by atoms with Gasteiger partial charge in [-0.05, 0) is 10.4 Å². The summed E-state index contributed by atoms with van der Waals surface area (Å²) in [6, 6.07) is -0.847. The van der Waals surface area contributed by atoms with Crippen LogP contribution in [0.25, 0.3) is 0 Å². The van der Waals surface area contributed by atoms with E-state index in [1.807, 2.05) is 10.6 Å². The maximum Gasteiger partial charge on any atom is 0.328 e. The largest absolute Gasteiger partial charge is 0.328 e. The van der Waals surface area contributed by atoms with Crippen LogP contribution >= 0.6 is 0 Å². The Morgan fingerprint density at radius 3 is 2.19 bits per heavy atom. The van der Waals surface area contributed by atoms with E-state index in [9.17, 15) is 14.4 Å². The van der Waals surface area contributed by atoms with Gasteiger partial charge in [-0.1, -0.05) is 0 Å². The Morgan fingerprint density at radius 1 is 1.06 bits per heavy atom. The van der Waals surface area contributed by atoms with E-state index in [-0.39, 0.29) is 0 Å². The molecule has 0 saturated carbocycles. The minimum absolute atomic E-state index is 0.746. The van der Waals surface area contributed by atoms with E-state index < -0.39 is 30.1 Å². The van der Waals surface area contributed by atoms with Crippen molar-refractivity contribution in [3.05, 3.63) is 0 Å². The third-order valence-corrected chi connectivity index (χ3v) is 1.76. The van der Waals surface area contributed by atoms with Crippen LogP contribution in [0.1, 0.15) is 0 Å². The highest BCUT2D eigenvalue weighted by molar-refractivity contribution is 6.23. The summed E-state index contributed by atoms with van der Waals surface area (Å²) in [4.78, 5) is 36.9. The molecule has 0 bridgehead atoms. The Kier molecular flexibility index (Phi) is 2.45. The summed E-state index contributed by atoms with van der Waals surface area (Å²) in [5.74, 6) is -2.67. The maximum absolute atomic E-state index is 11.2. The Hall–Kier alpha value is -2.52. The normalized spacial score (nSPS) is 21.9. The van der Waals surface area contributed by atoms with Crippen LogP contribution in [-0.4, -0.2) is 30.3 Å². The fourth-order valence-electron chi connectivity index (χ4n) is 1.05. The average molecular weight is 223 g/mol. The lowest BCUT2D eigenvalue weighted by molar-refractivity contribution is -0.132. The second-order valence-electron chi connectivity index (χ2n) is 2.84. The van der Waals surface area contributed by atoms with Crippen molar-refractivity contribution in [2.75, 3.05) is 0 Å². The van der Waals surface area contributed by atoms with Crippen LogP contribution in [0.5, 0.6) is 0 Å². The van der Waals surface area contributed by atoms with Crippen molar-refractivity contribution < 1.29 is 14.4 Å². The van der Waals surface area contributed by atoms with Gasteiger partial charge in [-0.3, -0.25) is 20.2 Å². The first-order valence-corrected chi connectivity index (χ1v) is 4.16. The summed E-state index contributed by atoms with van der Waals surface area (Å²) in [7, 11) is 0. The number of rotatable bonds is 2. The quantitative estimate of drug-likeness (QED) is 0.466. The molecule has 2 aliphatic heterocycles. The van der Waals surface area contributed by atoms with E-state index in [1.54, 1.807) is 0 Å². The van der Waals surface area contributed by atoms with Crippen LogP contribution in [0.3, 0.4) is 0 Å². The van der Waals surface area contributed by atoms with Crippen LogP contribution in [0.4, 0.5) is 4.79 Å². The second-order valence-corrected chi connectivity index (χ2v) is 2.84. The Labute approximate surface area is 87.9 Å². The molecule has 0 aliphatic carbocycles. The van der Waals surface area contributed by atoms with Gasteiger partial charge >= 0.3 is 6.03 Å².